The lowest BCUT2D eigenvalue weighted by Crippen LogP contribution is -2.45. The molecule has 0 amide bonds. The van der Waals surface area contributed by atoms with Gasteiger partial charge in [-0.05, 0) is 56.3 Å². The van der Waals surface area contributed by atoms with Crippen LogP contribution in [0.1, 0.15) is 42.7 Å². The Morgan fingerprint density at radius 1 is 1.17 bits per heavy atom. The van der Waals surface area contributed by atoms with Gasteiger partial charge in [0.1, 0.15) is 0 Å². The molecule has 2 heterocycles. The summed E-state index contributed by atoms with van der Waals surface area (Å²) < 4.78 is 0. The second-order valence-electron chi connectivity index (χ2n) is 6.87. The standard InChI is InChI=1S/C20H28N2OS/c1-16(14-19(23)20-8-5-13-24-20)21-18-9-11-22(12-10-18)15-17-6-3-2-4-7-17/h2-8,13,16,18-19,21,23H,9-12,14-15H2,1H3. The summed E-state index contributed by atoms with van der Waals surface area (Å²) in [5.74, 6) is 0. The molecule has 2 aromatic rings. The monoisotopic (exact) mass is 344 g/mol. The van der Waals surface area contributed by atoms with E-state index in [1.165, 1.54) is 18.4 Å². The first-order valence-electron chi connectivity index (χ1n) is 8.94. The van der Waals surface area contributed by atoms with Crippen molar-refractivity contribution in [2.24, 2.45) is 0 Å². The molecular weight excluding hydrogens is 316 g/mol. The molecule has 4 heteroatoms. The number of thiophene rings is 1. The maximum atomic E-state index is 10.3. The van der Waals surface area contributed by atoms with E-state index in [2.05, 4.69) is 47.5 Å². The van der Waals surface area contributed by atoms with Crippen LogP contribution in [0.2, 0.25) is 0 Å². The van der Waals surface area contributed by atoms with Crippen molar-refractivity contribution in [3.05, 3.63) is 58.3 Å². The zero-order valence-corrected chi connectivity index (χ0v) is 15.2. The number of piperidine rings is 1. The van der Waals surface area contributed by atoms with E-state index in [1.807, 2.05) is 17.5 Å². The number of nitrogens with zero attached hydrogens (tertiary/aromatic N) is 1. The lowest BCUT2D eigenvalue weighted by atomic mass is 10.0. The van der Waals surface area contributed by atoms with Crippen LogP contribution in [-0.4, -0.2) is 35.2 Å². The number of aliphatic hydroxyl groups excluding tert-OH is 1. The van der Waals surface area contributed by atoms with Gasteiger partial charge >= 0.3 is 0 Å². The molecule has 0 saturated carbocycles. The van der Waals surface area contributed by atoms with E-state index in [-0.39, 0.29) is 6.10 Å². The Morgan fingerprint density at radius 3 is 2.58 bits per heavy atom. The van der Waals surface area contributed by atoms with E-state index >= 15 is 0 Å². The Hall–Kier alpha value is -1.20. The first-order valence-corrected chi connectivity index (χ1v) is 9.82. The zero-order chi connectivity index (χ0) is 16.8. The molecule has 3 rings (SSSR count). The minimum absolute atomic E-state index is 0.341. The largest absolute Gasteiger partial charge is 0.388 e. The molecule has 24 heavy (non-hydrogen) atoms. The second-order valence-corrected chi connectivity index (χ2v) is 7.85. The predicted molar refractivity (Wildman–Crippen MR) is 101 cm³/mol. The van der Waals surface area contributed by atoms with Crippen LogP contribution in [0.15, 0.2) is 47.8 Å². The number of benzene rings is 1. The van der Waals surface area contributed by atoms with Crippen molar-refractivity contribution in [2.45, 2.75) is 50.9 Å². The van der Waals surface area contributed by atoms with E-state index < -0.39 is 0 Å². The summed E-state index contributed by atoms with van der Waals surface area (Å²) in [6.07, 6.45) is 2.81. The van der Waals surface area contributed by atoms with Crippen LogP contribution >= 0.6 is 11.3 Å². The molecule has 0 bridgehead atoms. The lowest BCUT2D eigenvalue weighted by molar-refractivity contribution is 0.143. The molecule has 2 N–H and O–H groups in total. The lowest BCUT2D eigenvalue weighted by Gasteiger charge is -2.34. The maximum Gasteiger partial charge on any atom is 0.0896 e. The molecular formula is C20H28N2OS. The average Bonchev–Trinajstić information content (AvgIpc) is 3.12. The highest BCUT2D eigenvalue weighted by molar-refractivity contribution is 7.10. The minimum Gasteiger partial charge on any atom is -0.388 e. The quantitative estimate of drug-likeness (QED) is 0.802. The van der Waals surface area contributed by atoms with Gasteiger partial charge in [0, 0.05) is 23.5 Å². The van der Waals surface area contributed by atoms with E-state index in [0.29, 0.717) is 12.1 Å². The highest BCUT2D eigenvalue weighted by Crippen LogP contribution is 2.23. The molecule has 2 atom stereocenters. The second kappa shape index (κ2) is 8.77. The SMILES string of the molecule is CC(CC(O)c1cccs1)NC1CCN(Cc2ccccc2)CC1. The Kier molecular flexibility index (Phi) is 6.44. The van der Waals surface area contributed by atoms with Crippen molar-refractivity contribution in [3.8, 4) is 0 Å². The van der Waals surface area contributed by atoms with Gasteiger partial charge in [0.25, 0.3) is 0 Å². The van der Waals surface area contributed by atoms with E-state index in [4.69, 9.17) is 0 Å². The first-order chi connectivity index (χ1) is 11.7. The van der Waals surface area contributed by atoms with Gasteiger partial charge in [-0.2, -0.15) is 0 Å². The summed E-state index contributed by atoms with van der Waals surface area (Å²) in [4.78, 5) is 3.61. The van der Waals surface area contributed by atoms with Crippen molar-refractivity contribution in [1.82, 2.24) is 10.2 Å². The Morgan fingerprint density at radius 2 is 1.92 bits per heavy atom. The molecule has 1 fully saturated rings. The third-order valence-corrected chi connectivity index (χ3v) is 5.78. The number of hydrogen-bond acceptors (Lipinski definition) is 4. The van der Waals surface area contributed by atoms with Gasteiger partial charge in [0.15, 0.2) is 0 Å². The van der Waals surface area contributed by atoms with Crippen LogP contribution in [0.3, 0.4) is 0 Å². The highest BCUT2D eigenvalue weighted by atomic mass is 32.1. The molecule has 2 unspecified atom stereocenters. The van der Waals surface area contributed by atoms with Crippen LogP contribution < -0.4 is 5.32 Å². The summed E-state index contributed by atoms with van der Waals surface area (Å²) in [6, 6.07) is 15.7. The molecule has 1 saturated heterocycles. The summed E-state index contributed by atoms with van der Waals surface area (Å²) >= 11 is 1.64. The highest BCUT2D eigenvalue weighted by Gasteiger charge is 2.21. The normalized spacial score (nSPS) is 19.2. The van der Waals surface area contributed by atoms with Crippen LogP contribution in [0.25, 0.3) is 0 Å². The minimum atomic E-state index is -0.342. The van der Waals surface area contributed by atoms with Crippen LogP contribution in [-0.2, 0) is 6.54 Å². The topological polar surface area (TPSA) is 35.5 Å². The predicted octanol–water partition coefficient (Wildman–Crippen LogP) is 3.81. The molecule has 1 aliphatic rings. The molecule has 0 radical (unpaired) electrons. The Bertz CT molecular complexity index is 579. The smallest absolute Gasteiger partial charge is 0.0896 e. The molecule has 0 aliphatic carbocycles. The maximum absolute atomic E-state index is 10.3. The summed E-state index contributed by atoms with van der Waals surface area (Å²) in [6.45, 7) is 5.53. The van der Waals surface area contributed by atoms with E-state index in [0.717, 1.165) is 30.9 Å². The van der Waals surface area contributed by atoms with Gasteiger partial charge in [-0.3, -0.25) is 4.90 Å². The van der Waals surface area contributed by atoms with E-state index in [9.17, 15) is 5.11 Å². The van der Waals surface area contributed by atoms with Gasteiger partial charge in [-0.1, -0.05) is 36.4 Å². The number of hydrogen-bond donors (Lipinski definition) is 2. The zero-order valence-electron chi connectivity index (χ0n) is 14.4. The van der Waals surface area contributed by atoms with Crippen LogP contribution in [0, 0.1) is 0 Å². The van der Waals surface area contributed by atoms with Gasteiger partial charge in [-0.25, -0.2) is 0 Å². The molecule has 1 aromatic carbocycles. The number of aliphatic hydroxyl groups is 1. The third kappa shape index (κ3) is 5.15. The fourth-order valence-corrected chi connectivity index (χ4v) is 4.23. The van der Waals surface area contributed by atoms with Crippen molar-refractivity contribution in [2.75, 3.05) is 13.1 Å². The molecule has 1 aliphatic heterocycles. The number of likely N-dealkylation sites (tertiary alicyclic amines) is 1. The Balaban J connectivity index is 1.39. The van der Waals surface area contributed by atoms with Gasteiger partial charge in [0.05, 0.1) is 6.10 Å². The van der Waals surface area contributed by atoms with E-state index in [1.54, 1.807) is 11.3 Å². The molecule has 3 nitrogen and oxygen atoms in total. The number of rotatable bonds is 7. The van der Waals surface area contributed by atoms with Gasteiger partial charge in [-0.15, -0.1) is 11.3 Å². The van der Waals surface area contributed by atoms with Crippen molar-refractivity contribution in [3.63, 3.8) is 0 Å². The average molecular weight is 345 g/mol. The van der Waals surface area contributed by atoms with Crippen LogP contribution in [0.5, 0.6) is 0 Å². The van der Waals surface area contributed by atoms with Crippen molar-refractivity contribution >= 4 is 11.3 Å². The summed E-state index contributed by atoms with van der Waals surface area (Å²) in [7, 11) is 0. The van der Waals surface area contributed by atoms with Crippen LogP contribution in [0.4, 0.5) is 0 Å². The fraction of sp³-hybridized carbons (Fsp3) is 0.500. The van der Waals surface area contributed by atoms with Gasteiger partial charge < -0.3 is 10.4 Å². The van der Waals surface area contributed by atoms with Gasteiger partial charge in [0.2, 0.25) is 0 Å². The summed E-state index contributed by atoms with van der Waals surface area (Å²) in [5.41, 5.74) is 1.40. The Labute approximate surface area is 149 Å². The first kappa shape index (κ1) is 17.6. The molecule has 0 spiro atoms. The molecule has 1 aromatic heterocycles. The molecule has 130 valence electrons. The summed E-state index contributed by atoms with van der Waals surface area (Å²) in [5, 5.41) is 16.0. The third-order valence-electron chi connectivity index (χ3n) is 4.81. The fourth-order valence-electron chi connectivity index (χ4n) is 3.50. The number of nitrogens with one attached hydrogen (secondary N) is 1. The van der Waals surface area contributed by atoms with Crippen molar-refractivity contribution < 1.29 is 5.11 Å². The van der Waals surface area contributed by atoms with Crippen molar-refractivity contribution in [1.29, 1.82) is 0 Å².